The van der Waals surface area contributed by atoms with E-state index in [1.807, 2.05) is 0 Å². The van der Waals surface area contributed by atoms with Crippen LogP contribution in [0, 0.1) is 0 Å². The van der Waals surface area contributed by atoms with Gasteiger partial charge in [0.15, 0.2) is 0 Å². The Kier molecular flexibility index (Phi) is 26.0. The minimum atomic E-state index is -0.931. The van der Waals surface area contributed by atoms with Gasteiger partial charge in [0.05, 0.1) is 45.4 Å². The predicted octanol–water partition coefficient (Wildman–Crippen LogP) is 8.61. The molecule has 0 saturated carbocycles. The van der Waals surface area contributed by atoms with Crippen LogP contribution in [0.2, 0.25) is 0 Å². The van der Waals surface area contributed by atoms with E-state index in [-0.39, 0.29) is 43.4 Å². The number of carbonyl (C=O) groups is 3. The standard InChI is InChI=1S/C33H61NO6/c1-2-3-4-5-6-7-8-9-10-11-12-13-14-15-16-17-18-19-20-21-22-23-27-34(28-24-31(35)36,29-25-32(37)38)30-26-33(39)40/h7-8H,2-6,9-30H2,1H3,(H2-,35,36,37,38,39,40)/p+1/b8-7+. The number of carboxylic acid groups (broad SMARTS) is 3. The topological polar surface area (TPSA) is 112 Å². The zero-order chi connectivity index (χ0) is 29.7. The Labute approximate surface area is 245 Å². The van der Waals surface area contributed by atoms with Gasteiger partial charge in [-0.2, -0.15) is 0 Å². The van der Waals surface area contributed by atoms with Crippen molar-refractivity contribution in [2.75, 3.05) is 26.2 Å². The quantitative estimate of drug-likeness (QED) is 0.0438. The van der Waals surface area contributed by atoms with Crippen molar-refractivity contribution >= 4 is 17.9 Å². The monoisotopic (exact) mass is 568 g/mol. The first-order chi connectivity index (χ1) is 19.3. The lowest BCUT2D eigenvalue weighted by atomic mass is 10.0. The summed E-state index contributed by atoms with van der Waals surface area (Å²) in [7, 11) is 0. The number of allylic oxidation sites excluding steroid dienone is 2. The van der Waals surface area contributed by atoms with Crippen LogP contribution in [0.1, 0.15) is 155 Å². The van der Waals surface area contributed by atoms with Crippen LogP contribution in [0.5, 0.6) is 0 Å². The Morgan fingerprint density at radius 3 is 1.07 bits per heavy atom. The number of nitrogens with zero attached hydrogens (tertiary/aromatic N) is 1. The summed E-state index contributed by atoms with van der Waals surface area (Å²) in [4.78, 5) is 33.4. The largest absolute Gasteiger partial charge is 0.481 e. The first kappa shape index (κ1) is 38.1. The lowest BCUT2D eigenvalue weighted by Crippen LogP contribution is -2.52. The molecule has 0 heterocycles. The highest BCUT2D eigenvalue weighted by atomic mass is 16.4. The molecule has 0 aromatic rings. The van der Waals surface area contributed by atoms with Crippen molar-refractivity contribution in [3.63, 3.8) is 0 Å². The maximum atomic E-state index is 11.1. The van der Waals surface area contributed by atoms with Gasteiger partial charge >= 0.3 is 17.9 Å². The fourth-order valence-electron chi connectivity index (χ4n) is 5.42. The molecule has 3 N–H and O–H groups in total. The first-order valence-electron chi connectivity index (χ1n) is 16.5. The zero-order valence-electron chi connectivity index (χ0n) is 25.8. The van der Waals surface area contributed by atoms with Crippen LogP contribution in [0.15, 0.2) is 12.2 Å². The minimum Gasteiger partial charge on any atom is -0.481 e. The average Bonchev–Trinajstić information content (AvgIpc) is 2.92. The third-order valence-electron chi connectivity index (χ3n) is 8.04. The highest BCUT2D eigenvalue weighted by Crippen LogP contribution is 2.17. The molecule has 7 nitrogen and oxygen atoms in total. The van der Waals surface area contributed by atoms with Crippen LogP contribution in [0.4, 0.5) is 0 Å². The Bertz CT molecular complexity index is 618. The average molecular weight is 569 g/mol. The van der Waals surface area contributed by atoms with E-state index in [1.165, 1.54) is 109 Å². The van der Waals surface area contributed by atoms with E-state index < -0.39 is 17.9 Å². The second-order valence-corrected chi connectivity index (χ2v) is 11.7. The van der Waals surface area contributed by atoms with Crippen LogP contribution in [-0.2, 0) is 14.4 Å². The van der Waals surface area contributed by atoms with Crippen LogP contribution in [-0.4, -0.2) is 63.9 Å². The van der Waals surface area contributed by atoms with Crippen LogP contribution in [0.3, 0.4) is 0 Å². The molecule has 0 spiro atoms. The SMILES string of the molecule is CCCCCC/C=C/CCCCCCCCCCCCCCCC[N+](CCC(=O)O)(CCC(=O)O)CCC(=O)O. The van der Waals surface area contributed by atoms with Crippen molar-refractivity contribution in [1.29, 1.82) is 0 Å². The molecule has 0 rings (SSSR count). The molecule has 0 aromatic heterocycles. The van der Waals surface area contributed by atoms with Crippen LogP contribution < -0.4 is 0 Å². The number of unbranched alkanes of at least 4 members (excludes halogenated alkanes) is 18. The minimum absolute atomic E-state index is 0.0733. The summed E-state index contributed by atoms with van der Waals surface area (Å²) in [5.41, 5.74) is 0. The molecule has 0 amide bonds. The van der Waals surface area contributed by atoms with E-state index in [2.05, 4.69) is 19.1 Å². The third-order valence-corrected chi connectivity index (χ3v) is 8.04. The predicted molar refractivity (Wildman–Crippen MR) is 164 cm³/mol. The third kappa shape index (κ3) is 26.3. The summed E-state index contributed by atoms with van der Waals surface area (Å²) >= 11 is 0. The number of carboxylic acids is 3. The highest BCUT2D eigenvalue weighted by molar-refractivity contribution is 5.67. The van der Waals surface area contributed by atoms with Gasteiger partial charge in [0.25, 0.3) is 0 Å². The van der Waals surface area contributed by atoms with E-state index in [4.69, 9.17) is 15.3 Å². The second-order valence-electron chi connectivity index (χ2n) is 11.7. The van der Waals surface area contributed by atoms with Gasteiger partial charge < -0.3 is 19.8 Å². The lowest BCUT2D eigenvalue weighted by Gasteiger charge is -2.38. The van der Waals surface area contributed by atoms with Gasteiger partial charge in [-0.05, 0) is 38.5 Å². The summed E-state index contributed by atoms with van der Waals surface area (Å²) in [6.07, 6.45) is 29.9. The van der Waals surface area contributed by atoms with Crippen molar-refractivity contribution in [2.45, 2.75) is 155 Å². The van der Waals surface area contributed by atoms with E-state index in [0.717, 1.165) is 19.3 Å². The van der Waals surface area contributed by atoms with Crippen LogP contribution >= 0.6 is 0 Å². The van der Waals surface area contributed by atoms with Crippen molar-refractivity contribution < 1.29 is 34.2 Å². The molecule has 0 bridgehead atoms. The molecule has 0 atom stereocenters. The molecule has 0 radical (unpaired) electrons. The van der Waals surface area contributed by atoms with Gasteiger partial charge in [-0.15, -0.1) is 0 Å². The Morgan fingerprint density at radius 1 is 0.450 bits per heavy atom. The molecule has 0 saturated heterocycles. The fourth-order valence-corrected chi connectivity index (χ4v) is 5.42. The van der Waals surface area contributed by atoms with E-state index in [0.29, 0.717) is 6.54 Å². The molecule has 0 aliphatic carbocycles. The van der Waals surface area contributed by atoms with Gasteiger partial charge in [0.1, 0.15) is 0 Å². The molecule has 0 aromatic carbocycles. The number of quaternary nitrogens is 1. The maximum absolute atomic E-state index is 11.1. The fraction of sp³-hybridized carbons (Fsp3) is 0.848. The maximum Gasteiger partial charge on any atom is 0.309 e. The zero-order valence-corrected chi connectivity index (χ0v) is 25.8. The molecule has 234 valence electrons. The Morgan fingerprint density at radius 2 is 0.750 bits per heavy atom. The first-order valence-corrected chi connectivity index (χ1v) is 16.5. The molecule has 0 aliphatic heterocycles. The normalized spacial score (nSPS) is 11.8. The lowest BCUT2D eigenvalue weighted by molar-refractivity contribution is -0.927. The van der Waals surface area contributed by atoms with Crippen molar-refractivity contribution in [2.24, 2.45) is 0 Å². The van der Waals surface area contributed by atoms with E-state index in [9.17, 15) is 14.4 Å². The number of rotatable bonds is 31. The summed E-state index contributed by atoms with van der Waals surface area (Å²) in [6.45, 7) is 3.75. The molecule has 0 unspecified atom stereocenters. The van der Waals surface area contributed by atoms with Crippen molar-refractivity contribution in [1.82, 2.24) is 0 Å². The summed E-state index contributed by atoms with van der Waals surface area (Å²) in [5, 5.41) is 27.4. The molecule has 0 aliphatic rings. The van der Waals surface area contributed by atoms with Gasteiger partial charge in [-0.1, -0.05) is 109 Å². The molecule has 7 heteroatoms. The number of hydrogen-bond acceptors (Lipinski definition) is 3. The second kappa shape index (κ2) is 27.3. The molecule has 40 heavy (non-hydrogen) atoms. The number of hydrogen-bond donors (Lipinski definition) is 3. The smallest absolute Gasteiger partial charge is 0.309 e. The van der Waals surface area contributed by atoms with Gasteiger partial charge in [-0.3, -0.25) is 14.4 Å². The number of aliphatic carboxylic acids is 3. The molecular weight excluding hydrogens is 506 g/mol. The summed E-state index contributed by atoms with van der Waals surface area (Å²) in [6, 6.07) is 0. The van der Waals surface area contributed by atoms with E-state index in [1.54, 1.807) is 0 Å². The van der Waals surface area contributed by atoms with E-state index >= 15 is 0 Å². The van der Waals surface area contributed by atoms with Crippen molar-refractivity contribution in [3.8, 4) is 0 Å². The van der Waals surface area contributed by atoms with Gasteiger partial charge in [0.2, 0.25) is 0 Å². The highest BCUT2D eigenvalue weighted by Gasteiger charge is 2.29. The molecule has 0 fully saturated rings. The summed E-state index contributed by atoms with van der Waals surface area (Å²) in [5.74, 6) is -2.79. The summed E-state index contributed by atoms with van der Waals surface area (Å²) < 4.78 is 0.265. The van der Waals surface area contributed by atoms with Crippen molar-refractivity contribution in [3.05, 3.63) is 12.2 Å². The van der Waals surface area contributed by atoms with Gasteiger partial charge in [-0.25, -0.2) is 0 Å². The van der Waals surface area contributed by atoms with Crippen LogP contribution in [0.25, 0.3) is 0 Å². The Balaban J connectivity index is 3.82. The molecular formula is C33H62NO6+. The Hall–Kier alpha value is -1.89. The van der Waals surface area contributed by atoms with Gasteiger partial charge in [0, 0.05) is 0 Å².